The van der Waals surface area contributed by atoms with E-state index in [4.69, 9.17) is 14.2 Å². The molecule has 4 rings (SSSR count). The van der Waals surface area contributed by atoms with Gasteiger partial charge in [0.1, 0.15) is 11.5 Å². The number of aryl methyl sites for hydroxylation is 1. The monoisotopic (exact) mass is 454 g/mol. The maximum Gasteiger partial charge on any atom is 0.259 e. The largest absolute Gasteiger partial charge is 0.484 e. The Morgan fingerprint density at radius 1 is 1.21 bits per heavy atom. The fourth-order valence-corrected chi connectivity index (χ4v) is 4.23. The van der Waals surface area contributed by atoms with Crippen LogP contribution in [0.5, 0.6) is 11.5 Å². The Morgan fingerprint density at radius 3 is 2.82 bits per heavy atom. The van der Waals surface area contributed by atoms with Gasteiger partial charge in [0.05, 0.1) is 12.7 Å². The molecule has 1 aliphatic heterocycles. The van der Waals surface area contributed by atoms with E-state index in [2.05, 4.69) is 11.4 Å². The molecule has 0 spiro atoms. The van der Waals surface area contributed by atoms with Crippen molar-refractivity contribution in [1.29, 1.82) is 0 Å². The highest BCUT2D eigenvalue weighted by atomic mass is 16.7. The number of fused-ring (bicyclic) bond motifs is 2. The summed E-state index contributed by atoms with van der Waals surface area (Å²) in [5.41, 5.74) is 4.36. The second kappa shape index (κ2) is 9.71. The van der Waals surface area contributed by atoms with E-state index in [0.717, 1.165) is 36.1 Å². The molecule has 33 heavy (non-hydrogen) atoms. The lowest BCUT2D eigenvalue weighted by Crippen LogP contribution is -2.37. The minimum Gasteiger partial charge on any atom is -0.484 e. The molecule has 0 unspecified atom stereocenters. The molecule has 1 heterocycles. The third-order valence-corrected chi connectivity index (χ3v) is 6.27. The van der Waals surface area contributed by atoms with Gasteiger partial charge in [-0.3, -0.25) is 4.79 Å². The average molecular weight is 455 g/mol. The van der Waals surface area contributed by atoms with Crippen LogP contribution in [0.3, 0.4) is 0 Å². The van der Waals surface area contributed by atoms with Crippen LogP contribution in [0, 0.1) is 0 Å². The molecule has 0 aromatic heterocycles. The lowest BCUT2D eigenvalue weighted by molar-refractivity contribution is -0.180. The number of nitrogens with zero attached hydrogens (tertiary/aromatic N) is 1. The van der Waals surface area contributed by atoms with Crippen molar-refractivity contribution in [2.75, 3.05) is 27.2 Å². The number of aliphatic hydroxyl groups excluding tert-OH is 1. The highest BCUT2D eigenvalue weighted by molar-refractivity contribution is 5.77. The van der Waals surface area contributed by atoms with E-state index in [1.54, 1.807) is 14.1 Å². The predicted octanol–water partition coefficient (Wildman–Crippen LogP) is 2.98. The summed E-state index contributed by atoms with van der Waals surface area (Å²) in [4.78, 5) is 13.3. The first-order valence-corrected chi connectivity index (χ1v) is 11.5. The average Bonchev–Trinajstić information content (AvgIpc) is 2.79. The number of amides is 1. The van der Waals surface area contributed by atoms with Crippen molar-refractivity contribution in [3.05, 3.63) is 58.7 Å². The quantitative estimate of drug-likeness (QED) is 0.670. The van der Waals surface area contributed by atoms with Crippen molar-refractivity contribution < 1.29 is 24.1 Å². The van der Waals surface area contributed by atoms with Gasteiger partial charge in [0, 0.05) is 46.1 Å². The molecule has 178 valence electrons. The summed E-state index contributed by atoms with van der Waals surface area (Å²) < 4.78 is 17.2. The first-order chi connectivity index (χ1) is 15.7. The van der Waals surface area contributed by atoms with Crippen LogP contribution in [0.2, 0.25) is 0 Å². The topological polar surface area (TPSA) is 80.3 Å². The van der Waals surface area contributed by atoms with Crippen LogP contribution in [-0.4, -0.2) is 55.0 Å². The van der Waals surface area contributed by atoms with Gasteiger partial charge in [-0.05, 0) is 60.2 Å². The molecule has 0 saturated heterocycles. The van der Waals surface area contributed by atoms with E-state index < -0.39 is 11.9 Å². The molecule has 7 heteroatoms. The van der Waals surface area contributed by atoms with Gasteiger partial charge < -0.3 is 29.5 Å². The van der Waals surface area contributed by atoms with Gasteiger partial charge in [-0.1, -0.05) is 12.1 Å². The smallest absolute Gasteiger partial charge is 0.259 e. The number of likely N-dealkylation sites (N-methyl/N-ethyl adjacent to an activating group) is 1. The maximum atomic E-state index is 11.8. The second-order valence-corrected chi connectivity index (χ2v) is 9.53. The minimum atomic E-state index is -0.626. The van der Waals surface area contributed by atoms with Crippen molar-refractivity contribution in [1.82, 2.24) is 10.2 Å². The summed E-state index contributed by atoms with van der Waals surface area (Å²) >= 11 is 0. The molecular weight excluding hydrogens is 420 g/mol. The van der Waals surface area contributed by atoms with Crippen LogP contribution >= 0.6 is 0 Å². The van der Waals surface area contributed by atoms with E-state index in [0.29, 0.717) is 18.9 Å². The summed E-state index contributed by atoms with van der Waals surface area (Å²) in [7, 11) is 3.44. The number of hydrogen-bond donors (Lipinski definition) is 2. The van der Waals surface area contributed by atoms with Crippen LogP contribution in [0.15, 0.2) is 36.4 Å². The number of rotatable bonds is 7. The Hall–Kier alpha value is -2.61. The van der Waals surface area contributed by atoms with Gasteiger partial charge in [0.25, 0.3) is 5.91 Å². The number of carbonyl (C=O) groups excluding carboxylic acids is 1. The molecular formula is C26H34N2O5. The van der Waals surface area contributed by atoms with Gasteiger partial charge in [-0.2, -0.15) is 0 Å². The van der Waals surface area contributed by atoms with Crippen molar-refractivity contribution >= 4 is 5.91 Å². The lowest BCUT2D eigenvalue weighted by Gasteiger charge is -2.33. The molecule has 0 fully saturated rings. The zero-order chi connectivity index (χ0) is 23.6. The number of nitrogens with one attached hydrogen (secondary N) is 1. The van der Waals surface area contributed by atoms with Crippen LogP contribution in [0.25, 0.3) is 0 Å². The molecule has 2 aromatic carbocycles. The summed E-state index contributed by atoms with van der Waals surface area (Å²) in [5, 5.41) is 14.3. The fourth-order valence-electron chi connectivity index (χ4n) is 4.23. The molecule has 0 saturated carbocycles. The highest BCUT2D eigenvalue weighted by Crippen LogP contribution is 2.33. The molecule has 2 N–H and O–H groups in total. The van der Waals surface area contributed by atoms with E-state index in [9.17, 15) is 9.90 Å². The molecule has 2 atom stereocenters. The SMILES string of the molecule is CN(C)C(=O)COc1ccc2c(c1)C[C@@H](NC[C@@H](O)c1ccc3c(c1)COC(C)(C)O3)CC2. The normalized spacial score (nSPS) is 19.6. The molecule has 2 aromatic rings. The number of ether oxygens (including phenoxy) is 3. The molecule has 7 nitrogen and oxygen atoms in total. The minimum absolute atomic E-state index is 0.0357. The zero-order valence-corrected chi connectivity index (χ0v) is 19.9. The standard InChI is InChI=1S/C26H34N2O5/c1-26(2)32-15-20-11-18(7-10-24(20)33-26)23(29)14-27-21-8-5-17-6-9-22(13-19(17)12-21)31-16-25(30)28(3)4/h6-7,9-11,13,21,23,27,29H,5,8,12,14-16H2,1-4H3/t21-,23+/m0/s1. The first-order valence-electron chi connectivity index (χ1n) is 11.5. The van der Waals surface area contributed by atoms with E-state index in [-0.39, 0.29) is 18.6 Å². The van der Waals surface area contributed by atoms with Crippen LogP contribution in [0.4, 0.5) is 0 Å². The van der Waals surface area contributed by atoms with E-state index in [1.807, 2.05) is 44.2 Å². The van der Waals surface area contributed by atoms with Crippen molar-refractivity contribution in [3.8, 4) is 11.5 Å². The highest BCUT2D eigenvalue weighted by Gasteiger charge is 2.28. The first kappa shape index (κ1) is 23.5. The van der Waals surface area contributed by atoms with E-state index >= 15 is 0 Å². The van der Waals surface area contributed by atoms with Crippen LogP contribution < -0.4 is 14.8 Å². The molecule has 1 aliphatic carbocycles. The van der Waals surface area contributed by atoms with Gasteiger partial charge in [-0.15, -0.1) is 0 Å². The summed E-state index contributed by atoms with van der Waals surface area (Å²) in [5.74, 6) is 0.833. The predicted molar refractivity (Wildman–Crippen MR) is 125 cm³/mol. The Balaban J connectivity index is 1.32. The molecule has 2 aliphatic rings. The zero-order valence-electron chi connectivity index (χ0n) is 19.9. The van der Waals surface area contributed by atoms with Crippen molar-refractivity contribution in [2.24, 2.45) is 0 Å². The van der Waals surface area contributed by atoms with Gasteiger partial charge in [0.2, 0.25) is 5.79 Å². The molecule has 0 bridgehead atoms. The Morgan fingerprint density at radius 2 is 2.03 bits per heavy atom. The number of carbonyl (C=O) groups is 1. The Bertz CT molecular complexity index is 1000. The number of benzene rings is 2. The lowest BCUT2D eigenvalue weighted by atomic mass is 9.88. The third kappa shape index (κ3) is 5.85. The van der Waals surface area contributed by atoms with Crippen LogP contribution in [0.1, 0.15) is 48.6 Å². The van der Waals surface area contributed by atoms with Gasteiger partial charge >= 0.3 is 0 Å². The Kier molecular flexibility index (Phi) is 6.93. The maximum absolute atomic E-state index is 11.8. The third-order valence-electron chi connectivity index (χ3n) is 6.27. The summed E-state index contributed by atoms with van der Waals surface area (Å²) in [6.45, 7) is 4.76. The van der Waals surface area contributed by atoms with E-state index in [1.165, 1.54) is 16.0 Å². The number of aliphatic hydroxyl groups is 1. The van der Waals surface area contributed by atoms with Crippen LogP contribution in [-0.2, 0) is 29.0 Å². The molecule has 0 radical (unpaired) electrons. The fraction of sp³-hybridized carbons (Fsp3) is 0.500. The van der Waals surface area contributed by atoms with Crippen molar-refractivity contribution in [2.45, 2.75) is 57.6 Å². The number of hydrogen-bond acceptors (Lipinski definition) is 6. The van der Waals surface area contributed by atoms with Gasteiger partial charge in [-0.25, -0.2) is 0 Å². The Labute approximate surface area is 195 Å². The summed E-state index contributed by atoms with van der Waals surface area (Å²) in [6.07, 6.45) is 2.24. The second-order valence-electron chi connectivity index (χ2n) is 9.53. The summed E-state index contributed by atoms with van der Waals surface area (Å²) in [6, 6.07) is 12.1. The van der Waals surface area contributed by atoms with Gasteiger partial charge in [0.15, 0.2) is 6.61 Å². The molecule has 1 amide bonds. The van der Waals surface area contributed by atoms with Crippen molar-refractivity contribution in [3.63, 3.8) is 0 Å².